The zero-order valence-electron chi connectivity index (χ0n) is 11.2. The second-order valence-electron chi connectivity index (χ2n) is 5.40. The minimum atomic E-state index is -1.59. The Balaban J connectivity index is 0.00000161. The smallest absolute Gasteiger partial charge is 0.256 e. The molecule has 1 N–H and O–H groups in total. The molecule has 3 rings (SSSR count). The second-order valence-corrected chi connectivity index (χ2v) is 5.40. The summed E-state index contributed by atoms with van der Waals surface area (Å²) in [6, 6.07) is 2.40. The number of carbonyl (C=O) groups is 1. The van der Waals surface area contributed by atoms with E-state index in [1.54, 1.807) is 0 Å². The number of hydrogen-bond acceptors (Lipinski definition) is 2. The Labute approximate surface area is 126 Å². The predicted octanol–water partition coefficient (Wildman–Crippen LogP) is 2.49. The average molecular weight is 321 g/mol. The first kappa shape index (κ1) is 16.1. The molecular weight excluding hydrogens is 305 g/mol. The lowest BCUT2D eigenvalue weighted by Crippen LogP contribution is -2.39. The van der Waals surface area contributed by atoms with Crippen molar-refractivity contribution in [3.8, 4) is 0 Å². The predicted molar refractivity (Wildman–Crippen MR) is 74.0 cm³/mol. The summed E-state index contributed by atoms with van der Waals surface area (Å²) in [6.07, 6.45) is 2.87. The molecule has 1 amide bonds. The van der Waals surface area contributed by atoms with Gasteiger partial charge in [-0.05, 0) is 31.4 Å². The summed E-state index contributed by atoms with van der Waals surface area (Å²) in [4.78, 5) is 13.8. The van der Waals surface area contributed by atoms with Crippen LogP contribution in [0.3, 0.4) is 0 Å². The quantitative estimate of drug-likeness (QED) is 0.806. The zero-order valence-corrected chi connectivity index (χ0v) is 12.1. The molecule has 2 unspecified atom stereocenters. The van der Waals surface area contributed by atoms with Crippen LogP contribution in [0.5, 0.6) is 0 Å². The largest absolute Gasteiger partial charge is 0.337 e. The van der Waals surface area contributed by atoms with Crippen molar-refractivity contribution in [2.24, 2.45) is 0 Å². The Morgan fingerprint density at radius 1 is 1.10 bits per heavy atom. The summed E-state index contributed by atoms with van der Waals surface area (Å²) < 4.78 is 39.8. The van der Waals surface area contributed by atoms with Crippen LogP contribution in [0.25, 0.3) is 0 Å². The summed E-state index contributed by atoms with van der Waals surface area (Å²) in [7, 11) is 0. The van der Waals surface area contributed by atoms with Gasteiger partial charge in [-0.15, -0.1) is 12.4 Å². The maximum absolute atomic E-state index is 13.7. The van der Waals surface area contributed by atoms with Crippen molar-refractivity contribution in [3.05, 3.63) is 35.1 Å². The second kappa shape index (κ2) is 6.23. The van der Waals surface area contributed by atoms with Crippen LogP contribution in [0.4, 0.5) is 13.2 Å². The number of likely N-dealkylation sites (tertiary alicyclic amines) is 1. The molecule has 2 fully saturated rings. The SMILES string of the molecule is Cl.O=C(c1ccc(F)c(F)c1F)N1CCC2CCC(C1)N2. The maximum atomic E-state index is 13.7. The van der Waals surface area contributed by atoms with Gasteiger partial charge in [0.1, 0.15) is 0 Å². The molecule has 0 radical (unpaired) electrons. The van der Waals surface area contributed by atoms with Gasteiger partial charge in [-0.1, -0.05) is 0 Å². The number of rotatable bonds is 1. The normalized spacial score (nSPS) is 24.4. The third-order valence-electron chi connectivity index (χ3n) is 4.08. The highest BCUT2D eigenvalue weighted by atomic mass is 35.5. The summed E-state index contributed by atoms with van der Waals surface area (Å²) in [6.45, 7) is 0.985. The molecule has 2 atom stereocenters. The topological polar surface area (TPSA) is 32.3 Å². The van der Waals surface area contributed by atoms with Crippen LogP contribution < -0.4 is 5.32 Å². The molecule has 1 aromatic carbocycles. The van der Waals surface area contributed by atoms with E-state index in [9.17, 15) is 18.0 Å². The van der Waals surface area contributed by atoms with Gasteiger partial charge in [0, 0.05) is 25.2 Å². The van der Waals surface area contributed by atoms with Crippen molar-refractivity contribution in [3.63, 3.8) is 0 Å². The van der Waals surface area contributed by atoms with Gasteiger partial charge in [0.25, 0.3) is 5.91 Å². The zero-order chi connectivity index (χ0) is 14.3. The Hall–Kier alpha value is -1.27. The van der Waals surface area contributed by atoms with Crippen molar-refractivity contribution in [1.82, 2.24) is 10.2 Å². The van der Waals surface area contributed by atoms with Crippen LogP contribution in [0.2, 0.25) is 0 Å². The van der Waals surface area contributed by atoms with Gasteiger partial charge < -0.3 is 10.2 Å². The summed E-state index contributed by atoms with van der Waals surface area (Å²) in [5.41, 5.74) is -0.401. The lowest BCUT2D eigenvalue weighted by Gasteiger charge is -2.24. The molecule has 2 bridgehead atoms. The molecular formula is C14H16ClF3N2O. The molecule has 0 spiro atoms. The van der Waals surface area contributed by atoms with Gasteiger partial charge >= 0.3 is 0 Å². The molecule has 3 nitrogen and oxygen atoms in total. The fourth-order valence-electron chi connectivity index (χ4n) is 2.99. The summed E-state index contributed by atoms with van der Waals surface area (Å²) in [5.74, 6) is -4.85. The number of fused-ring (bicyclic) bond motifs is 2. The van der Waals surface area contributed by atoms with Crippen molar-refractivity contribution in [1.29, 1.82) is 0 Å². The van der Waals surface area contributed by atoms with E-state index < -0.39 is 28.9 Å². The lowest BCUT2D eigenvalue weighted by atomic mass is 10.1. The average Bonchev–Trinajstić information content (AvgIpc) is 2.75. The number of nitrogens with zero attached hydrogens (tertiary/aromatic N) is 1. The van der Waals surface area contributed by atoms with Gasteiger partial charge in [-0.3, -0.25) is 4.79 Å². The number of halogens is 4. The number of benzene rings is 1. The van der Waals surface area contributed by atoms with Gasteiger partial charge in [0.05, 0.1) is 5.56 Å². The Bertz CT molecular complexity index is 555. The molecule has 0 aromatic heterocycles. The van der Waals surface area contributed by atoms with Crippen LogP contribution >= 0.6 is 12.4 Å². The van der Waals surface area contributed by atoms with Crippen LogP contribution in [0.15, 0.2) is 12.1 Å². The van der Waals surface area contributed by atoms with E-state index >= 15 is 0 Å². The minimum Gasteiger partial charge on any atom is -0.337 e. The first-order valence-corrected chi connectivity index (χ1v) is 6.75. The third kappa shape index (κ3) is 3.01. The van der Waals surface area contributed by atoms with Crippen molar-refractivity contribution in [2.45, 2.75) is 31.3 Å². The Morgan fingerprint density at radius 3 is 2.57 bits per heavy atom. The molecule has 2 heterocycles. The number of nitrogens with one attached hydrogen (secondary N) is 1. The monoisotopic (exact) mass is 320 g/mol. The molecule has 2 aliphatic rings. The van der Waals surface area contributed by atoms with Crippen LogP contribution in [-0.4, -0.2) is 36.0 Å². The van der Waals surface area contributed by atoms with E-state index in [-0.39, 0.29) is 18.4 Å². The van der Waals surface area contributed by atoms with Crippen molar-refractivity contribution < 1.29 is 18.0 Å². The highest BCUT2D eigenvalue weighted by molar-refractivity contribution is 5.94. The van der Waals surface area contributed by atoms with E-state index in [1.165, 1.54) is 4.90 Å². The van der Waals surface area contributed by atoms with Gasteiger partial charge in [0.15, 0.2) is 17.5 Å². The van der Waals surface area contributed by atoms with Crippen molar-refractivity contribution in [2.75, 3.05) is 13.1 Å². The molecule has 2 saturated heterocycles. The molecule has 7 heteroatoms. The lowest BCUT2D eigenvalue weighted by molar-refractivity contribution is 0.0742. The van der Waals surface area contributed by atoms with E-state index in [1.807, 2.05) is 0 Å². The first-order chi connectivity index (χ1) is 9.56. The molecule has 0 saturated carbocycles. The molecule has 21 heavy (non-hydrogen) atoms. The first-order valence-electron chi connectivity index (χ1n) is 6.75. The fourth-order valence-corrected chi connectivity index (χ4v) is 2.99. The summed E-state index contributed by atoms with van der Waals surface area (Å²) in [5, 5.41) is 3.40. The highest BCUT2D eigenvalue weighted by Gasteiger charge is 2.32. The molecule has 116 valence electrons. The van der Waals surface area contributed by atoms with Crippen molar-refractivity contribution >= 4 is 18.3 Å². The standard InChI is InChI=1S/C14H15F3N2O.ClH/c15-11-4-3-10(12(16)13(11)17)14(20)19-6-5-8-1-2-9(7-19)18-8;/h3-4,8-9,18H,1-2,5-7H2;1H. The van der Waals surface area contributed by atoms with E-state index in [0.717, 1.165) is 31.4 Å². The van der Waals surface area contributed by atoms with Crippen LogP contribution in [0, 0.1) is 17.5 Å². The van der Waals surface area contributed by atoms with E-state index in [0.29, 0.717) is 19.1 Å². The third-order valence-corrected chi connectivity index (χ3v) is 4.08. The minimum absolute atomic E-state index is 0. The summed E-state index contributed by atoms with van der Waals surface area (Å²) >= 11 is 0. The molecule has 2 aliphatic heterocycles. The van der Waals surface area contributed by atoms with Gasteiger partial charge in [-0.2, -0.15) is 0 Å². The van der Waals surface area contributed by atoms with Gasteiger partial charge in [0.2, 0.25) is 0 Å². The number of amides is 1. The van der Waals surface area contributed by atoms with E-state index in [4.69, 9.17) is 0 Å². The van der Waals surface area contributed by atoms with Crippen LogP contribution in [0.1, 0.15) is 29.6 Å². The van der Waals surface area contributed by atoms with E-state index in [2.05, 4.69) is 5.32 Å². The van der Waals surface area contributed by atoms with Crippen LogP contribution in [-0.2, 0) is 0 Å². The Kier molecular flexibility index (Phi) is 4.78. The maximum Gasteiger partial charge on any atom is 0.256 e. The number of hydrogen-bond donors (Lipinski definition) is 1. The molecule has 1 aromatic rings. The number of carbonyl (C=O) groups excluding carboxylic acids is 1. The molecule has 0 aliphatic carbocycles. The fraction of sp³-hybridized carbons (Fsp3) is 0.500. The van der Waals surface area contributed by atoms with Gasteiger partial charge in [-0.25, -0.2) is 13.2 Å². The highest BCUT2D eigenvalue weighted by Crippen LogP contribution is 2.23. The Morgan fingerprint density at radius 2 is 1.81 bits per heavy atom.